The second-order valence-electron chi connectivity index (χ2n) is 8.08. The first-order valence-electron chi connectivity index (χ1n) is 10.7. The van der Waals surface area contributed by atoms with Crippen LogP contribution in [0.25, 0.3) is 5.69 Å². The van der Waals surface area contributed by atoms with Gasteiger partial charge in [0.05, 0.1) is 15.6 Å². The quantitative estimate of drug-likeness (QED) is 0.587. The lowest BCUT2D eigenvalue weighted by atomic mass is 10.1. The molecule has 1 aromatic heterocycles. The number of benzene rings is 2. The fourth-order valence-corrected chi connectivity index (χ4v) is 6.06. The number of aryl methyl sites for hydroxylation is 2. The number of hydrogen-bond acceptors (Lipinski definition) is 4. The van der Waals surface area contributed by atoms with E-state index in [1.54, 1.807) is 34.0 Å². The van der Waals surface area contributed by atoms with E-state index < -0.39 is 10.0 Å². The number of carbonyl (C=O) groups is 1. The van der Waals surface area contributed by atoms with Gasteiger partial charge in [0.2, 0.25) is 10.0 Å². The third kappa shape index (κ3) is 3.83. The van der Waals surface area contributed by atoms with Crippen molar-refractivity contribution >= 4 is 27.5 Å². The third-order valence-electron chi connectivity index (χ3n) is 6.14. The Hall–Kier alpha value is -2.68. The maximum Gasteiger partial charge on any atom is 0.274 e. The van der Waals surface area contributed by atoms with E-state index >= 15 is 0 Å². The first kappa shape index (κ1) is 21.2. The number of para-hydroxylation sites is 1. The van der Waals surface area contributed by atoms with Crippen LogP contribution in [0.3, 0.4) is 0 Å². The molecule has 32 heavy (non-hydrogen) atoms. The van der Waals surface area contributed by atoms with E-state index in [0.717, 1.165) is 24.8 Å². The van der Waals surface area contributed by atoms with Crippen molar-refractivity contribution in [2.24, 2.45) is 0 Å². The summed E-state index contributed by atoms with van der Waals surface area (Å²) in [5, 5.41) is 4.92. The molecule has 0 saturated carbocycles. The number of hydrogen-bond donors (Lipinski definition) is 0. The molecule has 0 bridgehead atoms. The average molecular weight is 471 g/mol. The number of nitrogens with zero attached hydrogens (tertiary/aromatic N) is 4. The van der Waals surface area contributed by atoms with Crippen LogP contribution in [0.4, 0.5) is 0 Å². The van der Waals surface area contributed by atoms with Gasteiger partial charge in [-0.25, -0.2) is 13.1 Å². The summed E-state index contributed by atoms with van der Waals surface area (Å²) in [4.78, 5) is 14.9. The number of carbonyl (C=O) groups excluding carboxylic acids is 1. The Morgan fingerprint density at radius 2 is 1.69 bits per heavy atom. The Balaban J connectivity index is 1.27. The molecule has 0 spiro atoms. The van der Waals surface area contributed by atoms with E-state index in [9.17, 15) is 13.2 Å². The Morgan fingerprint density at radius 1 is 0.938 bits per heavy atom. The lowest BCUT2D eigenvalue weighted by Crippen LogP contribution is -2.50. The van der Waals surface area contributed by atoms with Gasteiger partial charge in [-0.2, -0.15) is 9.40 Å². The first-order chi connectivity index (χ1) is 15.4. The van der Waals surface area contributed by atoms with Crippen LogP contribution in [0, 0.1) is 0 Å². The monoisotopic (exact) mass is 470 g/mol. The highest BCUT2D eigenvalue weighted by molar-refractivity contribution is 7.89. The molecule has 166 valence electrons. The Bertz CT molecular complexity index is 1280. The molecule has 2 aliphatic rings. The van der Waals surface area contributed by atoms with Gasteiger partial charge in [-0.15, -0.1) is 0 Å². The molecule has 0 unspecified atom stereocenters. The number of aromatic nitrogens is 2. The summed E-state index contributed by atoms with van der Waals surface area (Å²) >= 11 is 6.22. The smallest absolute Gasteiger partial charge is 0.274 e. The van der Waals surface area contributed by atoms with Gasteiger partial charge in [0, 0.05) is 32.4 Å². The highest BCUT2D eigenvalue weighted by atomic mass is 35.5. The second-order valence-corrected chi connectivity index (χ2v) is 10.4. The molecule has 2 aromatic carbocycles. The van der Waals surface area contributed by atoms with E-state index in [4.69, 9.17) is 11.6 Å². The summed E-state index contributed by atoms with van der Waals surface area (Å²) in [6.45, 7) is 1.16. The molecule has 0 atom stereocenters. The molecule has 2 heterocycles. The van der Waals surface area contributed by atoms with Crippen LogP contribution >= 0.6 is 11.6 Å². The number of halogens is 1. The Morgan fingerprint density at radius 3 is 2.47 bits per heavy atom. The summed E-state index contributed by atoms with van der Waals surface area (Å²) in [5.74, 6) is -0.217. The predicted molar refractivity (Wildman–Crippen MR) is 122 cm³/mol. The van der Waals surface area contributed by atoms with E-state index in [1.165, 1.54) is 9.87 Å². The molecule has 0 radical (unpaired) electrons. The van der Waals surface area contributed by atoms with Crippen LogP contribution in [0.5, 0.6) is 0 Å². The topological polar surface area (TPSA) is 75.5 Å². The lowest BCUT2D eigenvalue weighted by molar-refractivity contribution is 0.0691. The molecule has 1 fully saturated rings. The summed E-state index contributed by atoms with van der Waals surface area (Å²) in [6, 6.07) is 14.4. The summed E-state index contributed by atoms with van der Waals surface area (Å²) in [5.41, 5.74) is 3.38. The van der Waals surface area contributed by atoms with Crippen LogP contribution in [0.2, 0.25) is 5.02 Å². The molecule has 1 amide bonds. The molecule has 5 rings (SSSR count). The third-order valence-corrected chi connectivity index (χ3v) is 8.36. The zero-order valence-corrected chi connectivity index (χ0v) is 19.0. The van der Waals surface area contributed by atoms with Gasteiger partial charge >= 0.3 is 0 Å². The van der Waals surface area contributed by atoms with Gasteiger partial charge in [-0.1, -0.05) is 29.8 Å². The number of rotatable bonds is 4. The van der Waals surface area contributed by atoms with Crippen molar-refractivity contribution in [1.29, 1.82) is 0 Å². The van der Waals surface area contributed by atoms with Crippen molar-refractivity contribution in [2.75, 3.05) is 26.2 Å². The van der Waals surface area contributed by atoms with Crippen molar-refractivity contribution in [3.05, 3.63) is 76.6 Å². The minimum atomic E-state index is -3.57. The molecular formula is C23H23ClN4O3S. The minimum absolute atomic E-state index is 0.217. The zero-order chi connectivity index (χ0) is 22.3. The lowest BCUT2D eigenvalue weighted by Gasteiger charge is -2.33. The highest BCUT2D eigenvalue weighted by Gasteiger charge is 2.31. The Kier molecular flexibility index (Phi) is 5.53. The maximum absolute atomic E-state index is 13.1. The molecule has 0 N–H and O–H groups in total. The number of fused-ring (bicyclic) bond motifs is 1. The van der Waals surface area contributed by atoms with Gasteiger partial charge in [0.25, 0.3) is 5.91 Å². The SMILES string of the molecule is O=C(c1ccn(-c2ccccc2Cl)n1)N1CCN(S(=O)(=O)c2ccc3c(c2)CCC3)CC1. The number of piperazine rings is 1. The van der Waals surface area contributed by atoms with Gasteiger partial charge in [0.15, 0.2) is 5.69 Å². The van der Waals surface area contributed by atoms with Gasteiger partial charge < -0.3 is 4.90 Å². The van der Waals surface area contributed by atoms with Crippen LogP contribution in [-0.2, 0) is 22.9 Å². The van der Waals surface area contributed by atoms with Gasteiger partial charge in [0.1, 0.15) is 0 Å². The first-order valence-corrected chi connectivity index (χ1v) is 12.5. The van der Waals surface area contributed by atoms with Crippen molar-refractivity contribution in [3.8, 4) is 5.69 Å². The summed E-state index contributed by atoms with van der Waals surface area (Å²) < 4.78 is 29.3. The van der Waals surface area contributed by atoms with E-state index in [2.05, 4.69) is 5.10 Å². The predicted octanol–water partition coefficient (Wildman–Crippen LogP) is 3.16. The van der Waals surface area contributed by atoms with E-state index in [0.29, 0.717) is 34.4 Å². The molecule has 3 aromatic rings. The molecule has 1 aliphatic carbocycles. The molecule has 1 aliphatic heterocycles. The normalized spacial score (nSPS) is 16.8. The van der Waals surface area contributed by atoms with E-state index in [-0.39, 0.29) is 19.0 Å². The maximum atomic E-state index is 13.1. The number of amides is 1. The van der Waals surface area contributed by atoms with Crippen LogP contribution in [0.15, 0.2) is 59.6 Å². The van der Waals surface area contributed by atoms with Gasteiger partial charge in [-0.3, -0.25) is 4.79 Å². The number of sulfonamides is 1. The van der Waals surface area contributed by atoms with Gasteiger partial charge in [-0.05, 0) is 60.7 Å². The van der Waals surface area contributed by atoms with Crippen LogP contribution in [0.1, 0.15) is 28.0 Å². The highest BCUT2D eigenvalue weighted by Crippen LogP contribution is 2.27. The Labute approximate surface area is 192 Å². The van der Waals surface area contributed by atoms with Crippen LogP contribution in [-0.4, -0.2) is 59.5 Å². The summed E-state index contributed by atoms with van der Waals surface area (Å²) in [7, 11) is -3.57. The molecule has 9 heteroatoms. The standard InChI is InChI=1S/C23H23ClN4O3S/c24-20-6-1-2-7-22(20)28-11-10-21(25-28)23(29)26-12-14-27(15-13-26)32(30,31)19-9-8-17-4-3-5-18(17)16-19/h1-2,6-11,16H,3-5,12-15H2. The summed E-state index contributed by atoms with van der Waals surface area (Å²) in [6.07, 6.45) is 4.72. The second kappa shape index (κ2) is 8.35. The molecule has 7 nitrogen and oxygen atoms in total. The van der Waals surface area contributed by atoms with Crippen LogP contribution < -0.4 is 0 Å². The fourth-order valence-electron chi connectivity index (χ4n) is 4.36. The van der Waals surface area contributed by atoms with Crippen molar-refractivity contribution < 1.29 is 13.2 Å². The fraction of sp³-hybridized carbons (Fsp3) is 0.304. The molecule has 1 saturated heterocycles. The average Bonchev–Trinajstić information content (AvgIpc) is 3.48. The van der Waals surface area contributed by atoms with Crippen molar-refractivity contribution in [2.45, 2.75) is 24.2 Å². The minimum Gasteiger partial charge on any atom is -0.335 e. The van der Waals surface area contributed by atoms with Crippen molar-refractivity contribution in [3.63, 3.8) is 0 Å². The van der Waals surface area contributed by atoms with E-state index in [1.807, 2.05) is 30.3 Å². The molecular weight excluding hydrogens is 448 g/mol. The largest absolute Gasteiger partial charge is 0.335 e. The van der Waals surface area contributed by atoms with Crippen molar-refractivity contribution in [1.82, 2.24) is 19.0 Å². The zero-order valence-electron chi connectivity index (χ0n) is 17.4.